The lowest BCUT2D eigenvalue weighted by Crippen LogP contribution is -2.37. The van der Waals surface area contributed by atoms with Crippen LogP contribution in [0.3, 0.4) is 0 Å². The highest BCUT2D eigenvalue weighted by atomic mass is 79.9. The molecule has 0 saturated carbocycles. The van der Waals surface area contributed by atoms with Crippen molar-refractivity contribution in [3.05, 3.63) is 40.9 Å². The molecule has 1 amide bonds. The van der Waals surface area contributed by atoms with E-state index in [0.29, 0.717) is 6.54 Å². The second kappa shape index (κ2) is 6.49. The van der Waals surface area contributed by atoms with Gasteiger partial charge in [0.15, 0.2) is 0 Å². The summed E-state index contributed by atoms with van der Waals surface area (Å²) in [5, 5.41) is 5.25. The predicted molar refractivity (Wildman–Crippen MR) is 70.3 cm³/mol. The molecule has 0 aromatic heterocycles. The van der Waals surface area contributed by atoms with Gasteiger partial charge in [0.1, 0.15) is 17.7 Å². The SMILES string of the molecule is C=CCNC(=O)C(C)Nc1c(F)cc(F)cc1Br. The van der Waals surface area contributed by atoms with Crippen LogP contribution in [-0.2, 0) is 4.79 Å². The summed E-state index contributed by atoms with van der Waals surface area (Å²) in [6.45, 7) is 5.38. The smallest absolute Gasteiger partial charge is 0.242 e. The Morgan fingerprint density at radius 2 is 2.22 bits per heavy atom. The number of rotatable bonds is 5. The predicted octanol–water partition coefficient (Wildman–Crippen LogP) is 2.83. The highest BCUT2D eigenvalue weighted by Gasteiger charge is 2.16. The van der Waals surface area contributed by atoms with Crippen molar-refractivity contribution in [1.29, 1.82) is 0 Å². The highest BCUT2D eigenvalue weighted by Crippen LogP contribution is 2.27. The molecule has 1 atom stereocenters. The van der Waals surface area contributed by atoms with E-state index in [2.05, 4.69) is 33.1 Å². The van der Waals surface area contributed by atoms with Gasteiger partial charge in [0.25, 0.3) is 0 Å². The molecule has 0 aliphatic rings. The van der Waals surface area contributed by atoms with Crippen LogP contribution in [0.5, 0.6) is 0 Å². The van der Waals surface area contributed by atoms with E-state index in [9.17, 15) is 13.6 Å². The number of amides is 1. The molecule has 0 heterocycles. The molecule has 98 valence electrons. The molecular formula is C12H13BrF2N2O. The number of carbonyl (C=O) groups excluding carboxylic acids is 1. The van der Waals surface area contributed by atoms with E-state index in [1.807, 2.05) is 0 Å². The van der Waals surface area contributed by atoms with Crippen LogP contribution < -0.4 is 10.6 Å². The second-order valence-electron chi connectivity index (χ2n) is 3.64. The molecule has 1 aromatic carbocycles. The normalized spacial score (nSPS) is 11.8. The first-order valence-corrected chi connectivity index (χ1v) is 6.04. The van der Waals surface area contributed by atoms with Crippen molar-refractivity contribution in [3.8, 4) is 0 Å². The monoisotopic (exact) mass is 318 g/mol. The maximum Gasteiger partial charge on any atom is 0.242 e. The van der Waals surface area contributed by atoms with Gasteiger partial charge in [0.2, 0.25) is 5.91 Å². The van der Waals surface area contributed by atoms with Gasteiger partial charge in [-0.15, -0.1) is 6.58 Å². The number of benzene rings is 1. The van der Waals surface area contributed by atoms with Crippen LogP contribution in [0.15, 0.2) is 29.3 Å². The van der Waals surface area contributed by atoms with E-state index in [0.717, 1.165) is 12.1 Å². The van der Waals surface area contributed by atoms with Crippen molar-refractivity contribution in [2.45, 2.75) is 13.0 Å². The third-order valence-corrected chi connectivity index (χ3v) is 2.81. The lowest BCUT2D eigenvalue weighted by Gasteiger charge is -2.16. The van der Waals surface area contributed by atoms with E-state index in [1.165, 1.54) is 0 Å². The minimum Gasteiger partial charge on any atom is -0.371 e. The van der Waals surface area contributed by atoms with Crippen LogP contribution in [0.2, 0.25) is 0 Å². The molecule has 0 aliphatic heterocycles. The highest BCUT2D eigenvalue weighted by molar-refractivity contribution is 9.10. The molecule has 6 heteroatoms. The van der Waals surface area contributed by atoms with Gasteiger partial charge < -0.3 is 10.6 Å². The molecule has 2 N–H and O–H groups in total. The molecule has 0 saturated heterocycles. The van der Waals surface area contributed by atoms with Crippen LogP contribution in [0.25, 0.3) is 0 Å². The quantitative estimate of drug-likeness (QED) is 0.820. The average Bonchev–Trinajstić information content (AvgIpc) is 2.30. The van der Waals surface area contributed by atoms with Crippen molar-refractivity contribution >= 4 is 27.5 Å². The van der Waals surface area contributed by atoms with Gasteiger partial charge in [-0.25, -0.2) is 8.78 Å². The zero-order valence-electron chi connectivity index (χ0n) is 9.77. The summed E-state index contributed by atoms with van der Waals surface area (Å²) < 4.78 is 26.6. The Hall–Kier alpha value is -1.43. The van der Waals surface area contributed by atoms with Gasteiger partial charge in [-0.3, -0.25) is 4.79 Å². The Morgan fingerprint density at radius 3 is 2.78 bits per heavy atom. The fourth-order valence-electron chi connectivity index (χ4n) is 1.29. The van der Waals surface area contributed by atoms with E-state index < -0.39 is 17.7 Å². The summed E-state index contributed by atoms with van der Waals surface area (Å²) in [7, 11) is 0. The molecule has 0 radical (unpaired) electrons. The second-order valence-corrected chi connectivity index (χ2v) is 4.50. The summed E-state index contributed by atoms with van der Waals surface area (Å²) >= 11 is 3.04. The van der Waals surface area contributed by atoms with Crippen molar-refractivity contribution < 1.29 is 13.6 Å². The number of anilines is 1. The first-order chi connectivity index (χ1) is 8.45. The number of halogens is 3. The molecular weight excluding hydrogens is 306 g/mol. The maximum absolute atomic E-state index is 13.5. The Bertz CT molecular complexity index is 442. The topological polar surface area (TPSA) is 41.1 Å². The standard InChI is InChI=1S/C12H13BrF2N2O/c1-3-4-16-12(18)7(2)17-11-9(13)5-8(14)6-10(11)15/h3,5-7,17H,1,4H2,2H3,(H,16,18). The third-order valence-electron chi connectivity index (χ3n) is 2.18. The Kier molecular flexibility index (Phi) is 5.27. The van der Waals surface area contributed by atoms with Crippen LogP contribution >= 0.6 is 15.9 Å². The summed E-state index contributed by atoms with van der Waals surface area (Å²) in [5.41, 5.74) is 0.0534. The Morgan fingerprint density at radius 1 is 1.56 bits per heavy atom. The largest absolute Gasteiger partial charge is 0.371 e. The molecule has 0 fully saturated rings. The molecule has 3 nitrogen and oxygen atoms in total. The van der Waals surface area contributed by atoms with Crippen molar-refractivity contribution in [2.24, 2.45) is 0 Å². The average molecular weight is 319 g/mol. The van der Waals surface area contributed by atoms with Crippen molar-refractivity contribution in [1.82, 2.24) is 5.32 Å². The van der Waals surface area contributed by atoms with Crippen molar-refractivity contribution in [2.75, 3.05) is 11.9 Å². The molecule has 1 rings (SSSR count). The fraction of sp³-hybridized carbons (Fsp3) is 0.250. The van der Waals surface area contributed by atoms with Crippen LogP contribution in [0.1, 0.15) is 6.92 Å². The maximum atomic E-state index is 13.5. The molecule has 0 bridgehead atoms. The van der Waals surface area contributed by atoms with Gasteiger partial charge in [-0.1, -0.05) is 6.08 Å². The van der Waals surface area contributed by atoms with Gasteiger partial charge in [-0.05, 0) is 28.9 Å². The summed E-state index contributed by atoms with van der Waals surface area (Å²) in [6, 6.07) is 1.22. The van der Waals surface area contributed by atoms with E-state index in [-0.39, 0.29) is 16.1 Å². The minimum absolute atomic E-state index is 0.0534. The molecule has 1 unspecified atom stereocenters. The van der Waals surface area contributed by atoms with Gasteiger partial charge >= 0.3 is 0 Å². The van der Waals surface area contributed by atoms with E-state index in [1.54, 1.807) is 13.0 Å². The van der Waals surface area contributed by atoms with Crippen LogP contribution in [0, 0.1) is 11.6 Å². The molecule has 0 aliphatic carbocycles. The fourth-order valence-corrected chi connectivity index (χ4v) is 1.81. The zero-order chi connectivity index (χ0) is 13.7. The first kappa shape index (κ1) is 14.6. The lowest BCUT2D eigenvalue weighted by molar-refractivity contribution is -0.121. The third kappa shape index (κ3) is 3.80. The molecule has 18 heavy (non-hydrogen) atoms. The molecule has 0 spiro atoms. The number of hydrogen-bond donors (Lipinski definition) is 2. The molecule has 1 aromatic rings. The number of hydrogen-bond acceptors (Lipinski definition) is 2. The number of nitrogens with one attached hydrogen (secondary N) is 2. The Balaban J connectivity index is 2.78. The number of carbonyl (C=O) groups is 1. The Labute approximate surface area is 112 Å². The zero-order valence-corrected chi connectivity index (χ0v) is 11.4. The van der Waals surface area contributed by atoms with E-state index in [4.69, 9.17) is 0 Å². The lowest BCUT2D eigenvalue weighted by atomic mass is 10.2. The van der Waals surface area contributed by atoms with E-state index >= 15 is 0 Å². The first-order valence-electron chi connectivity index (χ1n) is 5.25. The minimum atomic E-state index is -0.759. The summed E-state index contributed by atoms with van der Waals surface area (Å²) in [5.74, 6) is -1.75. The van der Waals surface area contributed by atoms with Crippen LogP contribution in [-0.4, -0.2) is 18.5 Å². The summed E-state index contributed by atoms with van der Waals surface area (Å²) in [6.07, 6.45) is 1.54. The van der Waals surface area contributed by atoms with Gasteiger partial charge in [0, 0.05) is 17.1 Å². The van der Waals surface area contributed by atoms with Crippen LogP contribution in [0.4, 0.5) is 14.5 Å². The van der Waals surface area contributed by atoms with Gasteiger partial charge in [0.05, 0.1) is 5.69 Å². The van der Waals surface area contributed by atoms with Crippen molar-refractivity contribution in [3.63, 3.8) is 0 Å². The summed E-state index contributed by atoms with van der Waals surface area (Å²) in [4.78, 5) is 11.6. The van der Waals surface area contributed by atoms with Gasteiger partial charge in [-0.2, -0.15) is 0 Å².